The Morgan fingerprint density at radius 3 is 2.87 bits per heavy atom. The van der Waals surface area contributed by atoms with Gasteiger partial charge in [0.2, 0.25) is 5.15 Å². The molecule has 5 N–H and O–H groups in total. The molecule has 0 unspecified atom stereocenters. The summed E-state index contributed by atoms with van der Waals surface area (Å²) in [5, 5.41) is 0.309. The van der Waals surface area contributed by atoms with E-state index in [4.69, 9.17) is 23.1 Å². The second-order valence-corrected chi connectivity index (χ2v) is 5.30. The SMILES string of the molecule is Cc1nc2nc[nH]c(=O)c2nc1CC[n+]1cnc(N)c(N)c1Cl. The minimum absolute atomic E-state index is 0.186. The molecule has 3 rings (SSSR count). The van der Waals surface area contributed by atoms with Crippen LogP contribution in [0.2, 0.25) is 5.15 Å². The summed E-state index contributed by atoms with van der Waals surface area (Å²) in [6.45, 7) is 2.28. The number of hydrogen-bond donors (Lipinski definition) is 3. The highest BCUT2D eigenvalue weighted by atomic mass is 35.5. The van der Waals surface area contributed by atoms with Gasteiger partial charge in [0.05, 0.1) is 24.3 Å². The van der Waals surface area contributed by atoms with Crippen LogP contribution in [-0.2, 0) is 13.0 Å². The van der Waals surface area contributed by atoms with Gasteiger partial charge in [0.15, 0.2) is 16.9 Å². The van der Waals surface area contributed by atoms with Gasteiger partial charge in [-0.1, -0.05) is 0 Å². The van der Waals surface area contributed by atoms with Gasteiger partial charge in [-0.25, -0.2) is 19.5 Å². The number of rotatable bonds is 3. The lowest BCUT2D eigenvalue weighted by atomic mass is 10.2. The molecular weight excluding hydrogens is 320 g/mol. The van der Waals surface area contributed by atoms with Gasteiger partial charge in [-0.15, -0.1) is 0 Å². The van der Waals surface area contributed by atoms with Crippen LogP contribution in [0.25, 0.3) is 11.2 Å². The van der Waals surface area contributed by atoms with Gasteiger partial charge in [-0.2, -0.15) is 0 Å². The molecule has 0 bridgehead atoms. The molecule has 0 aliphatic rings. The second kappa shape index (κ2) is 5.76. The molecule has 0 saturated heterocycles. The van der Waals surface area contributed by atoms with Crippen molar-refractivity contribution < 1.29 is 4.57 Å². The Morgan fingerprint density at radius 1 is 1.30 bits per heavy atom. The van der Waals surface area contributed by atoms with E-state index in [1.54, 1.807) is 4.57 Å². The van der Waals surface area contributed by atoms with Crippen LogP contribution in [0.4, 0.5) is 11.5 Å². The molecule has 3 heterocycles. The fraction of sp³-hybridized carbons (Fsp3) is 0.231. The van der Waals surface area contributed by atoms with Crippen LogP contribution in [0.1, 0.15) is 11.4 Å². The summed E-state index contributed by atoms with van der Waals surface area (Å²) in [5.74, 6) is 0.186. The first-order valence-electron chi connectivity index (χ1n) is 6.77. The minimum atomic E-state index is -0.326. The van der Waals surface area contributed by atoms with Crippen molar-refractivity contribution in [3.05, 3.63) is 39.5 Å². The van der Waals surface area contributed by atoms with Crippen molar-refractivity contribution in [2.75, 3.05) is 11.5 Å². The van der Waals surface area contributed by atoms with Crippen LogP contribution in [0.3, 0.4) is 0 Å². The van der Waals surface area contributed by atoms with Crippen LogP contribution in [-0.4, -0.2) is 24.9 Å². The average Bonchev–Trinajstić information content (AvgIpc) is 2.53. The molecule has 0 atom stereocenters. The summed E-state index contributed by atoms with van der Waals surface area (Å²) in [5.41, 5.74) is 13.2. The molecule has 0 radical (unpaired) electrons. The molecule has 9 nitrogen and oxygen atoms in total. The quantitative estimate of drug-likeness (QED) is 0.444. The smallest absolute Gasteiger partial charge is 0.290 e. The maximum Gasteiger partial charge on any atom is 0.290 e. The topological polar surface area (TPSA) is 140 Å². The molecule has 0 aliphatic carbocycles. The minimum Gasteiger partial charge on any atom is -0.390 e. The van der Waals surface area contributed by atoms with Crippen molar-refractivity contribution >= 4 is 34.3 Å². The number of aromatic amines is 1. The van der Waals surface area contributed by atoms with E-state index in [-0.39, 0.29) is 22.6 Å². The van der Waals surface area contributed by atoms with Gasteiger partial charge in [0.1, 0.15) is 0 Å². The number of H-pyrrole nitrogens is 1. The molecule has 0 amide bonds. The van der Waals surface area contributed by atoms with E-state index >= 15 is 0 Å². The molecule has 0 fully saturated rings. The van der Waals surface area contributed by atoms with E-state index in [1.807, 2.05) is 6.92 Å². The first-order valence-corrected chi connectivity index (χ1v) is 7.15. The van der Waals surface area contributed by atoms with E-state index < -0.39 is 0 Å². The second-order valence-electron chi connectivity index (χ2n) is 4.94. The van der Waals surface area contributed by atoms with Crippen molar-refractivity contribution in [2.45, 2.75) is 19.9 Å². The van der Waals surface area contributed by atoms with Gasteiger partial charge >= 0.3 is 0 Å². The van der Waals surface area contributed by atoms with Crippen LogP contribution in [0.15, 0.2) is 17.4 Å². The zero-order chi connectivity index (χ0) is 16.6. The van der Waals surface area contributed by atoms with E-state index in [2.05, 4.69) is 24.9 Å². The third kappa shape index (κ3) is 2.78. The number of nitrogen functional groups attached to an aromatic ring is 2. The van der Waals surface area contributed by atoms with Crippen molar-refractivity contribution in [2.24, 2.45) is 0 Å². The average molecular weight is 334 g/mol. The number of nitrogens with one attached hydrogen (secondary N) is 1. The fourth-order valence-electron chi connectivity index (χ4n) is 2.14. The molecule has 3 aromatic rings. The number of hydrogen-bond acceptors (Lipinski definition) is 7. The van der Waals surface area contributed by atoms with Crippen LogP contribution < -0.4 is 21.6 Å². The van der Waals surface area contributed by atoms with Crippen LogP contribution in [0.5, 0.6) is 0 Å². The molecule has 0 spiro atoms. The number of anilines is 2. The normalized spacial score (nSPS) is 11.0. The maximum absolute atomic E-state index is 11.8. The highest BCUT2D eigenvalue weighted by molar-refractivity contribution is 6.31. The van der Waals surface area contributed by atoms with Gasteiger partial charge in [-0.3, -0.25) is 4.79 Å². The van der Waals surface area contributed by atoms with E-state index in [0.29, 0.717) is 35.2 Å². The summed E-state index contributed by atoms with van der Waals surface area (Å²) in [6.07, 6.45) is 3.31. The van der Waals surface area contributed by atoms with Crippen LogP contribution >= 0.6 is 11.6 Å². The number of fused-ring (bicyclic) bond motifs is 1. The van der Waals surface area contributed by atoms with Crippen molar-refractivity contribution in [1.82, 2.24) is 24.9 Å². The Kier molecular flexibility index (Phi) is 3.78. The van der Waals surface area contributed by atoms with E-state index in [1.165, 1.54) is 12.7 Å². The summed E-state index contributed by atoms with van der Waals surface area (Å²) < 4.78 is 1.66. The van der Waals surface area contributed by atoms with Gasteiger partial charge in [-0.05, 0) is 23.5 Å². The van der Waals surface area contributed by atoms with Gasteiger partial charge in [0, 0.05) is 6.42 Å². The third-order valence-electron chi connectivity index (χ3n) is 3.42. The lowest BCUT2D eigenvalue weighted by Gasteiger charge is -2.06. The first kappa shape index (κ1) is 15.1. The van der Waals surface area contributed by atoms with Crippen LogP contribution in [0, 0.1) is 6.92 Å². The standard InChI is InChI=1S/C13H13ClN8O/c1-6-7(21-9-12(20-6)17-4-18-13(9)23)2-3-22-5-19-11(16)8(15)10(22)14/h4-5,16H,2-3,15H2,1H3,(H,17,18,20,23)/p+1. The highest BCUT2D eigenvalue weighted by Gasteiger charge is 2.16. The Hall–Kier alpha value is -2.81. The van der Waals surface area contributed by atoms with Crippen molar-refractivity contribution in [1.29, 1.82) is 0 Å². The largest absolute Gasteiger partial charge is 0.390 e. The molecular formula is C13H14ClN8O+. The number of nitrogens with zero attached hydrogens (tertiary/aromatic N) is 5. The predicted octanol–water partition coefficient (Wildman–Crippen LogP) is -0.235. The molecule has 10 heteroatoms. The van der Waals surface area contributed by atoms with Crippen molar-refractivity contribution in [3.8, 4) is 0 Å². The lowest BCUT2D eigenvalue weighted by Crippen LogP contribution is -2.38. The summed E-state index contributed by atoms with van der Waals surface area (Å²) >= 11 is 6.14. The summed E-state index contributed by atoms with van der Waals surface area (Å²) in [7, 11) is 0. The number of aromatic nitrogens is 6. The van der Waals surface area contributed by atoms with Gasteiger partial charge < -0.3 is 16.5 Å². The predicted molar refractivity (Wildman–Crippen MR) is 84.7 cm³/mol. The zero-order valence-corrected chi connectivity index (χ0v) is 13.0. The Labute approximate surface area is 135 Å². The number of aryl methyl sites for hydroxylation is 3. The molecule has 0 saturated carbocycles. The Morgan fingerprint density at radius 2 is 2.09 bits per heavy atom. The molecule has 118 valence electrons. The van der Waals surface area contributed by atoms with E-state index in [0.717, 1.165) is 0 Å². The first-order chi connectivity index (χ1) is 11.0. The molecule has 0 aromatic carbocycles. The third-order valence-corrected chi connectivity index (χ3v) is 3.84. The lowest BCUT2D eigenvalue weighted by molar-refractivity contribution is -0.696. The maximum atomic E-state index is 11.8. The molecule has 0 aliphatic heterocycles. The highest BCUT2D eigenvalue weighted by Crippen LogP contribution is 2.18. The van der Waals surface area contributed by atoms with Crippen molar-refractivity contribution in [3.63, 3.8) is 0 Å². The Bertz CT molecular complexity index is 955. The number of nitrogens with two attached hydrogens (primary N) is 2. The zero-order valence-electron chi connectivity index (χ0n) is 12.2. The summed E-state index contributed by atoms with van der Waals surface area (Å²) in [6, 6.07) is 0. The summed E-state index contributed by atoms with van der Waals surface area (Å²) in [4.78, 5) is 30.9. The molecule has 3 aromatic heterocycles. The monoisotopic (exact) mass is 333 g/mol. The van der Waals surface area contributed by atoms with Gasteiger partial charge in [0.25, 0.3) is 17.7 Å². The number of halogens is 1. The molecule has 23 heavy (non-hydrogen) atoms. The fourth-order valence-corrected chi connectivity index (χ4v) is 2.36. The van der Waals surface area contributed by atoms with E-state index in [9.17, 15) is 4.79 Å². The Balaban J connectivity index is 1.93.